The van der Waals surface area contributed by atoms with Crippen LogP contribution in [0.3, 0.4) is 0 Å². The Morgan fingerprint density at radius 3 is 2.42 bits per heavy atom. The van der Waals surface area contributed by atoms with E-state index in [1.807, 2.05) is 0 Å². The fourth-order valence-electron chi connectivity index (χ4n) is 0.760. The molecule has 0 aliphatic carbocycles. The Labute approximate surface area is 67.0 Å². The molecule has 0 saturated carbocycles. The molecule has 0 heterocycles. The van der Waals surface area contributed by atoms with Crippen LogP contribution in [-0.4, -0.2) is 5.91 Å². The highest BCUT2D eigenvalue weighted by Gasteiger charge is 2.13. The zero-order chi connectivity index (χ0) is 9.30. The molecule has 0 saturated heterocycles. The first kappa shape index (κ1) is 8.45. The highest BCUT2D eigenvalue weighted by atomic mass is 19.1. The van der Waals surface area contributed by atoms with E-state index in [0.29, 0.717) is 0 Å². The normalized spacial score (nSPS) is 9.83. The van der Waals surface area contributed by atoms with Gasteiger partial charge >= 0.3 is 0 Å². The minimum absolute atomic E-state index is 0.408. The van der Waals surface area contributed by atoms with Crippen LogP contribution < -0.4 is 11.5 Å². The molecule has 1 aromatic carbocycles. The number of primary amides is 1. The molecule has 4 N–H and O–H groups in total. The molecule has 12 heavy (non-hydrogen) atoms. The van der Waals surface area contributed by atoms with Crippen LogP contribution in [0, 0.1) is 11.6 Å². The summed E-state index contributed by atoms with van der Waals surface area (Å²) in [6.07, 6.45) is 0. The monoisotopic (exact) mass is 172 g/mol. The maximum absolute atomic E-state index is 12.8. The van der Waals surface area contributed by atoms with Gasteiger partial charge in [0.25, 0.3) is 5.91 Å². The van der Waals surface area contributed by atoms with Crippen molar-refractivity contribution in [1.29, 1.82) is 0 Å². The second-order valence-corrected chi connectivity index (χ2v) is 2.19. The molecular weight excluding hydrogens is 166 g/mol. The molecule has 0 radical (unpaired) electrons. The van der Waals surface area contributed by atoms with Crippen LogP contribution >= 0.6 is 0 Å². The van der Waals surface area contributed by atoms with Crippen LogP contribution in [0.5, 0.6) is 0 Å². The van der Waals surface area contributed by atoms with Crippen LogP contribution in [-0.2, 0) is 0 Å². The summed E-state index contributed by atoms with van der Waals surface area (Å²) in [5.41, 5.74) is 8.64. The molecule has 0 fully saturated rings. The van der Waals surface area contributed by atoms with Crippen LogP contribution in [0.25, 0.3) is 0 Å². The number of amides is 1. The van der Waals surface area contributed by atoms with Gasteiger partial charge in [-0.05, 0) is 12.1 Å². The summed E-state index contributed by atoms with van der Waals surface area (Å²) >= 11 is 0. The van der Waals surface area contributed by atoms with E-state index in [9.17, 15) is 13.6 Å². The lowest BCUT2D eigenvalue weighted by Crippen LogP contribution is -2.14. The van der Waals surface area contributed by atoms with Crippen molar-refractivity contribution in [3.05, 3.63) is 29.3 Å². The molecule has 64 valence electrons. The smallest absolute Gasteiger partial charge is 0.251 e. The number of benzene rings is 1. The second-order valence-electron chi connectivity index (χ2n) is 2.19. The van der Waals surface area contributed by atoms with Crippen LogP contribution in [0.15, 0.2) is 12.1 Å². The zero-order valence-corrected chi connectivity index (χ0v) is 5.97. The second kappa shape index (κ2) is 2.77. The number of hydrogen-bond acceptors (Lipinski definition) is 2. The van der Waals surface area contributed by atoms with Crippen LogP contribution in [0.4, 0.5) is 14.5 Å². The van der Waals surface area contributed by atoms with E-state index in [0.717, 1.165) is 12.1 Å². The van der Waals surface area contributed by atoms with Crippen LogP contribution in [0.2, 0.25) is 0 Å². The number of nitrogen functional groups attached to an aromatic ring is 1. The summed E-state index contributed by atoms with van der Waals surface area (Å²) in [6.45, 7) is 0. The van der Waals surface area contributed by atoms with E-state index in [1.54, 1.807) is 0 Å². The van der Waals surface area contributed by atoms with E-state index in [-0.39, 0.29) is 0 Å². The molecule has 1 amide bonds. The number of carbonyl (C=O) groups is 1. The largest absolute Gasteiger partial charge is 0.394 e. The Hall–Kier alpha value is -1.65. The fraction of sp³-hybridized carbons (Fsp3) is 0. The maximum atomic E-state index is 12.8. The van der Waals surface area contributed by atoms with Gasteiger partial charge in [0.05, 0.1) is 5.56 Å². The van der Waals surface area contributed by atoms with Gasteiger partial charge < -0.3 is 11.5 Å². The molecule has 0 unspecified atom stereocenters. The van der Waals surface area contributed by atoms with Gasteiger partial charge in [0.15, 0.2) is 5.82 Å². The maximum Gasteiger partial charge on any atom is 0.251 e. The number of halogens is 2. The van der Waals surface area contributed by atoms with Gasteiger partial charge in [-0.3, -0.25) is 4.79 Å². The van der Waals surface area contributed by atoms with Crippen molar-refractivity contribution in [2.75, 3.05) is 5.73 Å². The third-order valence-corrected chi connectivity index (χ3v) is 1.39. The van der Waals surface area contributed by atoms with Gasteiger partial charge in [0.2, 0.25) is 0 Å². The number of hydrogen-bond donors (Lipinski definition) is 2. The molecule has 3 nitrogen and oxygen atoms in total. The van der Waals surface area contributed by atoms with Gasteiger partial charge in [0, 0.05) is 0 Å². The fourth-order valence-corrected chi connectivity index (χ4v) is 0.760. The molecule has 0 aromatic heterocycles. The average Bonchev–Trinajstić information content (AvgIpc) is 2.00. The summed E-state index contributed by atoms with van der Waals surface area (Å²) in [7, 11) is 0. The molecular formula is C7H6F2N2O. The van der Waals surface area contributed by atoms with Gasteiger partial charge in [-0.15, -0.1) is 0 Å². The number of nitrogens with two attached hydrogens (primary N) is 2. The predicted octanol–water partition coefficient (Wildman–Crippen LogP) is 0.646. The summed E-state index contributed by atoms with van der Waals surface area (Å²) in [5, 5.41) is 0. The van der Waals surface area contributed by atoms with Gasteiger partial charge in [-0.25, -0.2) is 8.78 Å². The van der Waals surface area contributed by atoms with Crippen LogP contribution in [0.1, 0.15) is 10.4 Å². The predicted molar refractivity (Wildman–Crippen MR) is 39.3 cm³/mol. The molecule has 0 aliphatic heterocycles. The highest BCUT2D eigenvalue weighted by molar-refractivity contribution is 5.94. The average molecular weight is 172 g/mol. The first-order valence-corrected chi connectivity index (χ1v) is 3.07. The summed E-state index contributed by atoms with van der Waals surface area (Å²) in [4.78, 5) is 10.5. The van der Waals surface area contributed by atoms with Crippen molar-refractivity contribution in [3.63, 3.8) is 0 Å². The Kier molecular flexibility index (Phi) is 1.95. The Morgan fingerprint density at radius 2 is 1.92 bits per heavy atom. The molecule has 1 rings (SSSR count). The van der Waals surface area contributed by atoms with Crippen molar-refractivity contribution < 1.29 is 13.6 Å². The molecule has 0 atom stereocenters. The van der Waals surface area contributed by atoms with Crippen molar-refractivity contribution in [3.8, 4) is 0 Å². The lowest BCUT2D eigenvalue weighted by molar-refractivity contribution is 0.0996. The van der Waals surface area contributed by atoms with Crippen molar-refractivity contribution >= 4 is 11.6 Å². The lowest BCUT2D eigenvalue weighted by Gasteiger charge is -2.01. The van der Waals surface area contributed by atoms with E-state index < -0.39 is 28.8 Å². The molecule has 5 heteroatoms. The Bertz CT molecular complexity index is 338. The quantitative estimate of drug-likeness (QED) is 0.610. The zero-order valence-electron chi connectivity index (χ0n) is 5.97. The molecule has 0 aliphatic rings. The van der Waals surface area contributed by atoms with Gasteiger partial charge in [-0.1, -0.05) is 0 Å². The van der Waals surface area contributed by atoms with E-state index in [4.69, 9.17) is 11.5 Å². The Balaban J connectivity index is 3.36. The third kappa shape index (κ3) is 1.20. The topological polar surface area (TPSA) is 69.1 Å². The minimum Gasteiger partial charge on any atom is -0.394 e. The summed E-state index contributed by atoms with van der Waals surface area (Å²) in [5.74, 6) is -2.99. The van der Waals surface area contributed by atoms with E-state index in [2.05, 4.69) is 0 Å². The Morgan fingerprint density at radius 1 is 1.33 bits per heavy atom. The number of anilines is 1. The lowest BCUT2D eigenvalue weighted by atomic mass is 10.1. The van der Waals surface area contributed by atoms with Crippen molar-refractivity contribution in [2.24, 2.45) is 5.73 Å². The van der Waals surface area contributed by atoms with Crippen molar-refractivity contribution in [1.82, 2.24) is 0 Å². The van der Waals surface area contributed by atoms with Gasteiger partial charge in [0.1, 0.15) is 11.5 Å². The summed E-state index contributed by atoms with van der Waals surface area (Å²) < 4.78 is 25.4. The standard InChI is InChI=1S/C7H6F2N2O/c8-4-2-1-3(7(11)12)5(9)6(4)10/h1-2H,10H2,(H2,11,12). The molecule has 1 aromatic rings. The first-order valence-electron chi connectivity index (χ1n) is 3.07. The van der Waals surface area contributed by atoms with Gasteiger partial charge in [-0.2, -0.15) is 0 Å². The number of rotatable bonds is 1. The SMILES string of the molecule is NC(=O)c1ccc(F)c(N)c1F. The summed E-state index contributed by atoms with van der Waals surface area (Å²) in [6, 6.07) is 1.84. The first-order chi connectivity index (χ1) is 5.54. The highest BCUT2D eigenvalue weighted by Crippen LogP contribution is 2.17. The number of carbonyl (C=O) groups excluding carboxylic acids is 1. The van der Waals surface area contributed by atoms with E-state index in [1.165, 1.54) is 0 Å². The van der Waals surface area contributed by atoms with Crippen molar-refractivity contribution in [2.45, 2.75) is 0 Å². The molecule has 0 bridgehead atoms. The molecule has 0 spiro atoms. The van der Waals surface area contributed by atoms with E-state index >= 15 is 0 Å². The minimum atomic E-state index is -1.11. The third-order valence-electron chi connectivity index (χ3n) is 1.39.